The maximum absolute atomic E-state index is 12.3. The van der Waals surface area contributed by atoms with Crippen LogP contribution in [0.4, 0.5) is 0 Å². The molecule has 0 aliphatic carbocycles. The molecule has 0 unspecified atom stereocenters. The van der Waals surface area contributed by atoms with Gasteiger partial charge in [-0.2, -0.15) is 0 Å². The number of amides is 1. The molecule has 6 nitrogen and oxygen atoms in total. The molecule has 0 radical (unpaired) electrons. The van der Waals surface area contributed by atoms with Crippen LogP contribution in [0.3, 0.4) is 0 Å². The van der Waals surface area contributed by atoms with E-state index in [9.17, 15) is 9.59 Å². The third kappa shape index (κ3) is 4.84. The van der Waals surface area contributed by atoms with Crippen LogP contribution in [0.15, 0.2) is 71.5 Å². The van der Waals surface area contributed by atoms with Crippen molar-refractivity contribution in [3.05, 3.63) is 93.9 Å². The minimum absolute atomic E-state index is 0.0664. The average molecular weight is 402 g/mol. The van der Waals surface area contributed by atoms with E-state index in [0.717, 1.165) is 46.6 Å². The summed E-state index contributed by atoms with van der Waals surface area (Å²) in [5.41, 5.74) is 5.71. The Kier molecular flexibility index (Phi) is 7.16. The van der Waals surface area contributed by atoms with Crippen molar-refractivity contribution in [2.75, 3.05) is 0 Å². The summed E-state index contributed by atoms with van der Waals surface area (Å²) in [5.74, 6) is 0. The van der Waals surface area contributed by atoms with Crippen LogP contribution in [0.1, 0.15) is 30.7 Å². The Morgan fingerprint density at radius 3 is 2.27 bits per heavy atom. The largest absolute Gasteiger partial charge is 0.355 e. The summed E-state index contributed by atoms with van der Waals surface area (Å²) >= 11 is 0. The van der Waals surface area contributed by atoms with E-state index in [1.54, 1.807) is 10.6 Å². The van der Waals surface area contributed by atoms with Gasteiger partial charge in [0.2, 0.25) is 6.41 Å². The molecule has 1 amide bonds. The van der Waals surface area contributed by atoms with Crippen molar-refractivity contribution in [1.29, 1.82) is 0 Å². The molecule has 4 aromatic rings. The summed E-state index contributed by atoms with van der Waals surface area (Å²) in [6.45, 7) is 4.78. The number of hydrogen-bond donors (Lipinski definition) is 2. The van der Waals surface area contributed by atoms with E-state index in [2.05, 4.69) is 29.2 Å². The molecule has 30 heavy (non-hydrogen) atoms. The van der Waals surface area contributed by atoms with E-state index < -0.39 is 0 Å². The molecular formula is C24H26N4O2. The first kappa shape index (κ1) is 21.0. The lowest BCUT2D eigenvalue weighted by atomic mass is 10.1. The number of aromatic nitrogens is 3. The van der Waals surface area contributed by atoms with Crippen LogP contribution in [0.5, 0.6) is 0 Å². The van der Waals surface area contributed by atoms with Crippen LogP contribution >= 0.6 is 0 Å². The highest BCUT2D eigenvalue weighted by atomic mass is 16.1. The predicted molar refractivity (Wildman–Crippen MR) is 119 cm³/mol. The van der Waals surface area contributed by atoms with Gasteiger partial charge in [0.15, 0.2) is 5.65 Å². The number of nitrogens with zero attached hydrogens (tertiary/aromatic N) is 2. The highest BCUT2D eigenvalue weighted by Gasteiger charge is 2.13. The monoisotopic (exact) mass is 402 g/mol. The lowest BCUT2D eigenvalue weighted by Crippen LogP contribution is -2.14. The molecule has 2 aromatic carbocycles. The zero-order valence-corrected chi connectivity index (χ0v) is 17.3. The molecule has 0 saturated heterocycles. The quantitative estimate of drug-likeness (QED) is 0.482. The van der Waals surface area contributed by atoms with Gasteiger partial charge in [-0.1, -0.05) is 74.5 Å². The standard InChI is InChI=1S/C16H17N3O.C8H9NO/c1-3-12-13(4-2)18-19-15(20)10-14(17-16(12)19)11-8-6-5-7-9-11;10-7-9-6-8-4-2-1-3-5-8/h5-10,18H,3-4H2,1-2H3;1-5,7H,6H2,(H,9,10). The fraction of sp³-hybridized carbons (Fsp3) is 0.208. The lowest BCUT2D eigenvalue weighted by Gasteiger charge is -2.02. The van der Waals surface area contributed by atoms with E-state index in [4.69, 9.17) is 0 Å². The first-order valence-electron chi connectivity index (χ1n) is 10.1. The van der Waals surface area contributed by atoms with Crippen molar-refractivity contribution in [2.24, 2.45) is 0 Å². The summed E-state index contributed by atoms with van der Waals surface area (Å²) in [6.07, 6.45) is 2.43. The summed E-state index contributed by atoms with van der Waals surface area (Å²) in [4.78, 5) is 26.8. The van der Waals surface area contributed by atoms with Crippen LogP contribution in [0.2, 0.25) is 0 Å². The van der Waals surface area contributed by atoms with Crippen LogP contribution in [0.25, 0.3) is 16.9 Å². The van der Waals surface area contributed by atoms with Gasteiger partial charge in [0, 0.05) is 29.4 Å². The minimum atomic E-state index is -0.0664. The Morgan fingerprint density at radius 1 is 1.00 bits per heavy atom. The second-order valence-electron chi connectivity index (χ2n) is 6.77. The fourth-order valence-electron chi connectivity index (χ4n) is 3.31. The molecule has 154 valence electrons. The average Bonchev–Trinajstić information content (AvgIpc) is 3.17. The van der Waals surface area contributed by atoms with Gasteiger partial charge < -0.3 is 5.32 Å². The normalized spacial score (nSPS) is 10.3. The summed E-state index contributed by atoms with van der Waals surface area (Å²) in [6, 6.07) is 21.2. The van der Waals surface area contributed by atoms with E-state index in [-0.39, 0.29) is 5.56 Å². The highest BCUT2D eigenvalue weighted by Crippen LogP contribution is 2.19. The summed E-state index contributed by atoms with van der Waals surface area (Å²) in [5, 5.41) is 5.74. The van der Waals surface area contributed by atoms with Crippen molar-refractivity contribution in [3.63, 3.8) is 0 Å². The van der Waals surface area contributed by atoms with Gasteiger partial charge in [-0.05, 0) is 18.4 Å². The number of aromatic amines is 1. The van der Waals surface area contributed by atoms with Crippen LogP contribution in [0, 0.1) is 0 Å². The molecule has 0 fully saturated rings. The minimum Gasteiger partial charge on any atom is -0.355 e. The number of nitrogens with one attached hydrogen (secondary N) is 2. The molecule has 0 saturated carbocycles. The Hall–Kier alpha value is -3.67. The first-order chi connectivity index (χ1) is 14.7. The van der Waals surface area contributed by atoms with Crippen LogP contribution < -0.4 is 10.9 Å². The van der Waals surface area contributed by atoms with Gasteiger partial charge in [0.25, 0.3) is 5.56 Å². The Balaban J connectivity index is 0.000000216. The smallest absolute Gasteiger partial charge is 0.273 e. The number of hydrogen-bond acceptors (Lipinski definition) is 3. The van der Waals surface area contributed by atoms with Gasteiger partial charge >= 0.3 is 0 Å². The number of fused-ring (bicyclic) bond motifs is 1. The van der Waals surface area contributed by atoms with Crippen molar-refractivity contribution in [2.45, 2.75) is 33.2 Å². The van der Waals surface area contributed by atoms with E-state index in [1.165, 1.54) is 0 Å². The second-order valence-corrected chi connectivity index (χ2v) is 6.77. The molecule has 2 N–H and O–H groups in total. The molecule has 6 heteroatoms. The van der Waals surface area contributed by atoms with Gasteiger partial charge in [0.1, 0.15) is 0 Å². The number of rotatable bonds is 6. The van der Waals surface area contributed by atoms with Crippen molar-refractivity contribution in [1.82, 2.24) is 19.9 Å². The molecule has 2 heterocycles. The SMILES string of the molecule is CCc1[nH]n2c(=O)cc(-c3ccccc3)nc2c1CC.O=CNCc1ccccc1. The molecule has 2 aromatic heterocycles. The van der Waals surface area contributed by atoms with Gasteiger partial charge in [-0.3, -0.25) is 14.7 Å². The lowest BCUT2D eigenvalue weighted by molar-refractivity contribution is -0.109. The summed E-state index contributed by atoms with van der Waals surface area (Å²) in [7, 11) is 0. The molecule has 0 bridgehead atoms. The summed E-state index contributed by atoms with van der Waals surface area (Å²) < 4.78 is 1.55. The zero-order valence-electron chi connectivity index (χ0n) is 17.3. The molecule has 0 spiro atoms. The van der Waals surface area contributed by atoms with Crippen molar-refractivity contribution in [3.8, 4) is 11.3 Å². The number of benzene rings is 2. The van der Waals surface area contributed by atoms with Gasteiger partial charge in [-0.25, -0.2) is 9.50 Å². The third-order valence-corrected chi connectivity index (χ3v) is 4.81. The van der Waals surface area contributed by atoms with E-state index >= 15 is 0 Å². The number of H-pyrrole nitrogens is 1. The van der Waals surface area contributed by atoms with Crippen molar-refractivity contribution < 1.29 is 4.79 Å². The van der Waals surface area contributed by atoms with Crippen LogP contribution in [-0.2, 0) is 24.2 Å². The predicted octanol–water partition coefficient (Wildman–Crippen LogP) is 3.75. The maximum atomic E-state index is 12.3. The molecular weight excluding hydrogens is 376 g/mol. The van der Waals surface area contributed by atoms with E-state index in [0.29, 0.717) is 13.0 Å². The van der Waals surface area contributed by atoms with E-state index in [1.807, 2.05) is 60.7 Å². The molecule has 0 aliphatic heterocycles. The zero-order chi connectivity index (χ0) is 21.3. The Bertz CT molecular complexity index is 1150. The highest BCUT2D eigenvalue weighted by molar-refractivity contribution is 5.63. The Morgan fingerprint density at radius 2 is 1.67 bits per heavy atom. The van der Waals surface area contributed by atoms with Gasteiger partial charge in [-0.15, -0.1) is 0 Å². The molecule has 4 rings (SSSR count). The number of aryl methyl sites for hydroxylation is 2. The van der Waals surface area contributed by atoms with Gasteiger partial charge in [0.05, 0.1) is 5.69 Å². The first-order valence-corrected chi connectivity index (χ1v) is 10.1. The molecule has 0 aliphatic rings. The van der Waals surface area contributed by atoms with Crippen molar-refractivity contribution >= 4 is 12.1 Å². The molecule has 0 atom stereocenters. The maximum Gasteiger partial charge on any atom is 0.273 e. The fourth-order valence-corrected chi connectivity index (χ4v) is 3.31. The van der Waals surface area contributed by atoms with Crippen LogP contribution in [-0.4, -0.2) is 21.0 Å². The number of carbonyl (C=O) groups is 1. The second kappa shape index (κ2) is 10.2. The number of carbonyl (C=O) groups excluding carboxylic acids is 1. The third-order valence-electron chi connectivity index (χ3n) is 4.81. The topological polar surface area (TPSA) is 79.3 Å². The Labute approximate surface area is 175 Å².